The number of alkyl halides is 4. The highest BCUT2D eigenvalue weighted by molar-refractivity contribution is 5.76. The highest BCUT2D eigenvalue weighted by Gasteiger charge is 2.29. The van der Waals surface area contributed by atoms with Gasteiger partial charge >= 0.3 is 0 Å². The minimum atomic E-state index is -2.75. The number of rotatable bonds is 16. The molecule has 3 aromatic heterocycles. The molecule has 0 amide bonds. The Morgan fingerprint density at radius 2 is 1.27 bits per heavy atom. The van der Waals surface area contributed by atoms with Crippen LogP contribution in [0.2, 0.25) is 0 Å². The van der Waals surface area contributed by atoms with E-state index in [9.17, 15) is 27.2 Å². The smallest absolute Gasteiger partial charge is 0.248 e. The van der Waals surface area contributed by atoms with Gasteiger partial charge in [-0.25, -0.2) is 27.5 Å². The average molecular weight is 616 g/mol. The first-order chi connectivity index (χ1) is 20.9. The molecule has 0 radical (unpaired) electrons. The van der Waals surface area contributed by atoms with Crippen molar-refractivity contribution in [2.75, 3.05) is 0 Å². The van der Waals surface area contributed by atoms with Gasteiger partial charge in [0.25, 0.3) is 0 Å². The van der Waals surface area contributed by atoms with Gasteiger partial charge in [0.2, 0.25) is 11.8 Å². The van der Waals surface area contributed by atoms with Crippen LogP contribution in [0.5, 0.6) is 0 Å². The second-order valence-corrected chi connectivity index (χ2v) is 12.0. The quantitative estimate of drug-likeness (QED) is 0.119. The second kappa shape index (κ2) is 17.3. The van der Waals surface area contributed by atoms with Crippen molar-refractivity contribution < 1.29 is 27.2 Å². The summed E-state index contributed by atoms with van der Waals surface area (Å²) in [5.41, 5.74) is 5.14. The standard InChI is InChI=1S/C18H25F2NO.C17H20F2N2O/c1-14(22)11-13-18(19,20)12-5-4-7-16-10-9-15-6-2-3-8-17(15)21-16;1-13(22)9-11-17(18,19)10-3-2-6-15-8-7-14-5-4-12-20-16(14)21-15/h9-10H,2-8,11-13H2,1H3;4-5,7-8,12H,2-3,6,9-11H2,1H3. The molecule has 0 fully saturated rings. The zero-order valence-electron chi connectivity index (χ0n) is 26.0. The summed E-state index contributed by atoms with van der Waals surface area (Å²) in [6, 6.07) is 11.8. The molecule has 3 heterocycles. The van der Waals surface area contributed by atoms with Crippen molar-refractivity contribution in [3.05, 3.63) is 65.2 Å². The molecule has 0 aromatic carbocycles. The highest BCUT2D eigenvalue weighted by atomic mass is 19.3. The van der Waals surface area contributed by atoms with Gasteiger partial charge in [-0.1, -0.05) is 6.07 Å². The Hall–Kier alpha value is -3.23. The first-order valence-electron chi connectivity index (χ1n) is 15.9. The third-order valence-electron chi connectivity index (χ3n) is 7.89. The third-order valence-corrected chi connectivity index (χ3v) is 7.89. The largest absolute Gasteiger partial charge is 0.300 e. The summed E-state index contributed by atoms with van der Waals surface area (Å²) in [5, 5.41) is 0.974. The molecule has 1 aliphatic carbocycles. The number of pyridine rings is 3. The fraction of sp³-hybridized carbons (Fsp3) is 0.571. The van der Waals surface area contributed by atoms with E-state index in [2.05, 4.69) is 21.0 Å². The number of halogens is 4. The molecule has 0 bridgehead atoms. The molecule has 0 atom stereocenters. The maximum Gasteiger partial charge on any atom is 0.248 e. The Morgan fingerprint density at radius 3 is 1.89 bits per heavy atom. The number of carbonyl (C=O) groups is 2. The summed E-state index contributed by atoms with van der Waals surface area (Å²) in [5.74, 6) is -5.82. The Labute approximate surface area is 258 Å². The van der Waals surface area contributed by atoms with E-state index in [1.54, 1.807) is 6.20 Å². The van der Waals surface area contributed by atoms with Crippen LogP contribution in [0.3, 0.4) is 0 Å². The van der Waals surface area contributed by atoms with E-state index in [4.69, 9.17) is 0 Å². The monoisotopic (exact) mass is 615 g/mol. The lowest BCUT2D eigenvalue weighted by Crippen LogP contribution is -2.17. The third kappa shape index (κ3) is 13.2. The molecule has 44 heavy (non-hydrogen) atoms. The van der Waals surface area contributed by atoms with Gasteiger partial charge in [0.1, 0.15) is 11.6 Å². The summed E-state index contributed by atoms with van der Waals surface area (Å²) >= 11 is 0. The number of Topliss-reactive ketones (excluding diaryl/α,β-unsaturated/α-hetero) is 2. The molecule has 240 valence electrons. The van der Waals surface area contributed by atoms with E-state index in [0.29, 0.717) is 31.3 Å². The molecule has 0 saturated carbocycles. The molecule has 0 spiro atoms. The van der Waals surface area contributed by atoms with Gasteiger partial charge in [-0.2, -0.15) is 0 Å². The normalized spacial score (nSPS) is 13.2. The molecule has 0 aliphatic heterocycles. The molecule has 1 aliphatic rings. The number of carbonyl (C=O) groups excluding carboxylic acids is 2. The Kier molecular flexibility index (Phi) is 13.9. The van der Waals surface area contributed by atoms with Crippen molar-refractivity contribution in [3.63, 3.8) is 0 Å². The molecule has 4 rings (SSSR count). The summed E-state index contributed by atoms with van der Waals surface area (Å²) in [4.78, 5) is 34.8. The summed E-state index contributed by atoms with van der Waals surface area (Å²) in [6.45, 7) is 2.70. The summed E-state index contributed by atoms with van der Waals surface area (Å²) in [7, 11) is 0. The van der Waals surface area contributed by atoms with Gasteiger partial charge in [-0.05, 0) is 114 Å². The maximum absolute atomic E-state index is 13.6. The molecule has 0 unspecified atom stereocenters. The average Bonchev–Trinajstić information content (AvgIpc) is 3.00. The zero-order chi connectivity index (χ0) is 32.0. The van der Waals surface area contributed by atoms with Crippen molar-refractivity contribution in [2.24, 2.45) is 0 Å². The summed E-state index contributed by atoms with van der Waals surface area (Å²) < 4.78 is 54.2. The predicted octanol–water partition coefficient (Wildman–Crippen LogP) is 9.02. The predicted molar refractivity (Wildman–Crippen MR) is 165 cm³/mol. The highest BCUT2D eigenvalue weighted by Crippen LogP contribution is 2.28. The number of fused-ring (bicyclic) bond motifs is 2. The van der Waals surface area contributed by atoms with Gasteiger partial charge in [0.05, 0.1) is 0 Å². The van der Waals surface area contributed by atoms with Crippen LogP contribution in [0, 0.1) is 0 Å². The first kappa shape index (κ1) is 35.3. The van der Waals surface area contributed by atoms with Crippen LogP contribution < -0.4 is 0 Å². The Balaban J connectivity index is 0.000000240. The Morgan fingerprint density at radius 1 is 0.705 bits per heavy atom. The fourth-order valence-electron chi connectivity index (χ4n) is 5.25. The number of aromatic nitrogens is 3. The lowest BCUT2D eigenvalue weighted by atomic mass is 9.95. The molecular weight excluding hydrogens is 570 g/mol. The zero-order valence-corrected chi connectivity index (χ0v) is 26.0. The minimum absolute atomic E-state index is 0.0284. The number of ketones is 2. The number of hydrogen-bond acceptors (Lipinski definition) is 5. The summed E-state index contributed by atoms with van der Waals surface area (Å²) in [6.07, 6.45) is 8.94. The van der Waals surface area contributed by atoms with Crippen molar-refractivity contribution in [1.82, 2.24) is 15.0 Å². The van der Waals surface area contributed by atoms with E-state index in [-0.39, 0.29) is 50.1 Å². The van der Waals surface area contributed by atoms with E-state index < -0.39 is 11.8 Å². The van der Waals surface area contributed by atoms with Gasteiger partial charge < -0.3 is 9.59 Å². The lowest BCUT2D eigenvalue weighted by molar-refractivity contribution is -0.119. The molecule has 0 saturated heterocycles. The van der Waals surface area contributed by atoms with Crippen molar-refractivity contribution >= 4 is 22.6 Å². The van der Waals surface area contributed by atoms with Crippen molar-refractivity contribution in [2.45, 2.75) is 128 Å². The molecule has 3 aromatic rings. The maximum atomic E-state index is 13.6. The van der Waals surface area contributed by atoms with Crippen LogP contribution in [0.1, 0.15) is 114 Å². The van der Waals surface area contributed by atoms with E-state index in [0.717, 1.165) is 42.5 Å². The van der Waals surface area contributed by atoms with Crippen LogP contribution in [0.15, 0.2) is 42.6 Å². The van der Waals surface area contributed by atoms with Crippen molar-refractivity contribution in [3.8, 4) is 0 Å². The lowest BCUT2D eigenvalue weighted by Gasteiger charge is -2.16. The molecular formula is C35H45F4N3O2. The van der Waals surface area contributed by atoms with Crippen LogP contribution in [0.25, 0.3) is 11.0 Å². The van der Waals surface area contributed by atoms with E-state index in [1.165, 1.54) is 37.9 Å². The minimum Gasteiger partial charge on any atom is -0.300 e. The molecule has 0 N–H and O–H groups in total. The topological polar surface area (TPSA) is 72.8 Å². The first-order valence-corrected chi connectivity index (χ1v) is 15.9. The van der Waals surface area contributed by atoms with Gasteiger partial charge in [0, 0.05) is 67.2 Å². The van der Waals surface area contributed by atoms with Gasteiger partial charge in [-0.3, -0.25) is 4.98 Å². The number of nitrogens with zero attached hydrogens (tertiary/aromatic N) is 3. The van der Waals surface area contributed by atoms with Crippen molar-refractivity contribution in [1.29, 1.82) is 0 Å². The molecule has 5 nitrogen and oxygen atoms in total. The fourth-order valence-corrected chi connectivity index (χ4v) is 5.25. The van der Waals surface area contributed by atoms with Crippen LogP contribution >= 0.6 is 0 Å². The SMILES string of the molecule is CC(=O)CCC(F)(F)CCCCc1ccc2c(n1)CCCC2.CC(=O)CCC(F)(F)CCCCc1ccc2cccnc2n1. The number of unbranched alkanes of at least 4 members (excludes halogenated alkanes) is 2. The second-order valence-electron chi connectivity index (χ2n) is 12.0. The Bertz CT molecular complexity index is 1360. The van der Waals surface area contributed by atoms with Gasteiger partial charge in [0.15, 0.2) is 5.65 Å². The van der Waals surface area contributed by atoms with Crippen LogP contribution in [-0.4, -0.2) is 38.4 Å². The number of aryl methyl sites for hydroxylation is 4. The van der Waals surface area contributed by atoms with E-state index in [1.807, 2.05) is 30.3 Å². The van der Waals surface area contributed by atoms with E-state index >= 15 is 0 Å². The van der Waals surface area contributed by atoms with Crippen LogP contribution in [0.4, 0.5) is 17.6 Å². The molecule has 9 heteroatoms. The number of hydrogen-bond donors (Lipinski definition) is 0. The van der Waals surface area contributed by atoms with Gasteiger partial charge in [-0.15, -0.1) is 0 Å². The van der Waals surface area contributed by atoms with Crippen LogP contribution in [-0.2, 0) is 35.3 Å².